The van der Waals surface area contributed by atoms with Crippen molar-refractivity contribution in [3.05, 3.63) is 28.3 Å². The molecule has 1 atom stereocenters. The summed E-state index contributed by atoms with van der Waals surface area (Å²) in [4.78, 5) is 19.9. The number of benzene rings is 1. The van der Waals surface area contributed by atoms with Gasteiger partial charge in [-0.05, 0) is 12.5 Å². The number of nitrogens with zero attached hydrogens (tertiary/aromatic N) is 3. The predicted molar refractivity (Wildman–Crippen MR) is 67.6 cm³/mol. The molecule has 7 nitrogen and oxygen atoms in total. The van der Waals surface area contributed by atoms with Gasteiger partial charge in [0, 0.05) is 31.3 Å². The first kappa shape index (κ1) is 11.0. The van der Waals surface area contributed by atoms with Crippen molar-refractivity contribution in [2.75, 3.05) is 18.0 Å². The fraction of sp³-hybridized carbons (Fsp3) is 0.364. The van der Waals surface area contributed by atoms with Crippen LogP contribution in [0.5, 0.6) is 0 Å². The van der Waals surface area contributed by atoms with Crippen LogP contribution in [-0.4, -0.2) is 34.0 Å². The molecular weight excluding hydrogens is 234 g/mol. The Morgan fingerprint density at radius 2 is 2.39 bits per heavy atom. The van der Waals surface area contributed by atoms with E-state index in [1.165, 1.54) is 12.1 Å². The molecule has 2 aromatic rings. The van der Waals surface area contributed by atoms with Crippen molar-refractivity contribution < 1.29 is 4.92 Å². The van der Waals surface area contributed by atoms with Crippen LogP contribution >= 0.6 is 0 Å². The van der Waals surface area contributed by atoms with E-state index in [1.54, 1.807) is 6.07 Å². The minimum Gasteiger partial charge on any atom is -0.341 e. The van der Waals surface area contributed by atoms with Gasteiger partial charge in [-0.2, -0.15) is 0 Å². The molecule has 94 valence electrons. The van der Waals surface area contributed by atoms with Crippen molar-refractivity contribution in [3.63, 3.8) is 0 Å². The van der Waals surface area contributed by atoms with Crippen molar-refractivity contribution in [2.45, 2.75) is 12.5 Å². The molecule has 0 amide bonds. The van der Waals surface area contributed by atoms with Gasteiger partial charge in [0.25, 0.3) is 5.69 Å². The van der Waals surface area contributed by atoms with Gasteiger partial charge in [0.15, 0.2) is 0 Å². The summed E-state index contributed by atoms with van der Waals surface area (Å²) in [7, 11) is 0. The second-order valence-electron chi connectivity index (χ2n) is 4.51. The number of fused-ring (bicyclic) bond motifs is 1. The van der Waals surface area contributed by atoms with Crippen molar-refractivity contribution in [1.82, 2.24) is 9.97 Å². The van der Waals surface area contributed by atoms with Crippen molar-refractivity contribution in [1.29, 1.82) is 0 Å². The van der Waals surface area contributed by atoms with E-state index in [0.29, 0.717) is 5.52 Å². The zero-order valence-electron chi connectivity index (χ0n) is 9.67. The third-order valence-electron chi connectivity index (χ3n) is 3.19. The number of non-ortho nitro benzene ring substituents is 1. The van der Waals surface area contributed by atoms with E-state index in [1.807, 2.05) is 0 Å². The largest absolute Gasteiger partial charge is 0.341 e. The SMILES string of the molecule is N[C@@H]1CCN(c2nc3ccc([N+](=O)[O-])cc3[nH]2)C1. The summed E-state index contributed by atoms with van der Waals surface area (Å²) < 4.78 is 0. The summed E-state index contributed by atoms with van der Waals surface area (Å²) in [5.41, 5.74) is 7.33. The van der Waals surface area contributed by atoms with E-state index in [-0.39, 0.29) is 11.7 Å². The molecule has 0 unspecified atom stereocenters. The van der Waals surface area contributed by atoms with Gasteiger partial charge in [-0.3, -0.25) is 10.1 Å². The fourth-order valence-electron chi connectivity index (χ4n) is 2.23. The van der Waals surface area contributed by atoms with Gasteiger partial charge in [-0.25, -0.2) is 4.98 Å². The lowest BCUT2D eigenvalue weighted by Gasteiger charge is -2.13. The molecule has 0 saturated carbocycles. The first-order chi connectivity index (χ1) is 8.63. The number of nitrogens with two attached hydrogens (primary N) is 1. The predicted octanol–water partition coefficient (Wildman–Crippen LogP) is 1.01. The van der Waals surface area contributed by atoms with Gasteiger partial charge >= 0.3 is 0 Å². The Hall–Kier alpha value is -2.15. The molecule has 1 aromatic heterocycles. The highest BCUT2D eigenvalue weighted by Gasteiger charge is 2.22. The van der Waals surface area contributed by atoms with E-state index < -0.39 is 4.92 Å². The zero-order valence-corrected chi connectivity index (χ0v) is 9.67. The highest BCUT2D eigenvalue weighted by Crippen LogP contribution is 2.23. The van der Waals surface area contributed by atoms with Crippen LogP contribution in [0.2, 0.25) is 0 Å². The van der Waals surface area contributed by atoms with Crippen LogP contribution in [-0.2, 0) is 0 Å². The highest BCUT2D eigenvalue weighted by atomic mass is 16.6. The standard InChI is InChI=1S/C11H13N5O2/c12-7-3-4-15(6-7)11-13-9-2-1-8(16(17)18)5-10(9)14-11/h1-2,5,7H,3-4,6,12H2,(H,13,14)/t7-/m1/s1. The third kappa shape index (κ3) is 1.78. The minimum atomic E-state index is -0.411. The topological polar surface area (TPSA) is 101 Å². The lowest BCUT2D eigenvalue weighted by molar-refractivity contribution is -0.384. The summed E-state index contributed by atoms with van der Waals surface area (Å²) in [6, 6.07) is 4.79. The number of aromatic nitrogens is 2. The van der Waals surface area contributed by atoms with E-state index in [4.69, 9.17) is 5.73 Å². The number of nitro benzene ring substituents is 1. The second kappa shape index (κ2) is 3.95. The summed E-state index contributed by atoms with van der Waals surface area (Å²) in [6.45, 7) is 1.63. The van der Waals surface area contributed by atoms with Gasteiger partial charge in [0.2, 0.25) is 5.95 Å². The summed E-state index contributed by atoms with van der Waals surface area (Å²) in [6.07, 6.45) is 0.942. The molecule has 1 aliphatic rings. The number of anilines is 1. The van der Waals surface area contributed by atoms with E-state index >= 15 is 0 Å². The maximum Gasteiger partial charge on any atom is 0.271 e. The quantitative estimate of drug-likeness (QED) is 0.609. The number of nitro groups is 1. The van der Waals surface area contributed by atoms with Crippen molar-refractivity contribution in [3.8, 4) is 0 Å². The highest BCUT2D eigenvalue weighted by molar-refractivity contribution is 5.80. The molecule has 18 heavy (non-hydrogen) atoms. The number of nitrogens with one attached hydrogen (secondary N) is 1. The third-order valence-corrected chi connectivity index (χ3v) is 3.19. The maximum atomic E-state index is 10.7. The molecule has 0 aliphatic carbocycles. The van der Waals surface area contributed by atoms with Gasteiger partial charge in [0.05, 0.1) is 16.0 Å². The Balaban J connectivity index is 1.98. The molecule has 3 rings (SSSR count). The normalized spacial score (nSPS) is 19.6. The number of rotatable bonds is 2. The molecule has 1 aromatic carbocycles. The monoisotopic (exact) mass is 247 g/mol. The Bertz CT molecular complexity index is 608. The zero-order chi connectivity index (χ0) is 12.7. The molecular formula is C11H13N5O2. The Morgan fingerprint density at radius 1 is 1.56 bits per heavy atom. The Labute approximate surface area is 103 Å². The molecule has 3 N–H and O–H groups in total. The average Bonchev–Trinajstić information content (AvgIpc) is 2.93. The van der Waals surface area contributed by atoms with Crippen LogP contribution in [0, 0.1) is 10.1 Å². The van der Waals surface area contributed by atoms with Crippen LogP contribution in [0.15, 0.2) is 18.2 Å². The van der Waals surface area contributed by atoms with Crippen LogP contribution in [0.3, 0.4) is 0 Å². The van der Waals surface area contributed by atoms with Crippen molar-refractivity contribution in [2.24, 2.45) is 5.73 Å². The van der Waals surface area contributed by atoms with Gasteiger partial charge in [-0.1, -0.05) is 0 Å². The number of hydrogen-bond acceptors (Lipinski definition) is 5. The molecule has 1 aliphatic heterocycles. The second-order valence-corrected chi connectivity index (χ2v) is 4.51. The van der Waals surface area contributed by atoms with E-state index in [2.05, 4.69) is 14.9 Å². The lowest BCUT2D eigenvalue weighted by Crippen LogP contribution is -2.26. The Kier molecular flexibility index (Phi) is 2.41. The van der Waals surface area contributed by atoms with Crippen LogP contribution in [0.25, 0.3) is 11.0 Å². The molecule has 1 fully saturated rings. The minimum absolute atomic E-state index is 0.0656. The first-order valence-electron chi connectivity index (χ1n) is 5.78. The van der Waals surface area contributed by atoms with Gasteiger partial charge in [-0.15, -0.1) is 0 Å². The fourth-order valence-corrected chi connectivity index (χ4v) is 2.23. The molecule has 1 saturated heterocycles. The molecule has 0 bridgehead atoms. The number of imidazole rings is 1. The average molecular weight is 247 g/mol. The number of aromatic amines is 1. The van der Waals surface area contributed by atoms with Crippen LogP contribution < -0.4 is 10.6 Å². The summed E-state index contributed by atoms with van der Waals surface area (Å²) >= 11 is 0. The van der Waals surface area contributed by atoms with E-state index in [9.17, 15) is 10.1 Å². The molecule has 7 heteroatoms. The summed E-state index contributed by atoms with van der Waals surface area (Å²) in [5, 5.41) is 10.7. The maximum absolute atomic E-state index is 10.7. The molecule has 0 spiro atoms. The van der Waals surface area contributed by atoms with Crippen molar-refractivity contribution >= 4 is 22.7 Å². The first-order valence-corrected chi connectivity index (χ1v) is 5.78. The van der Waals surface area contributed by atoms with Crippen LogP contribution in [0.4, 0.5) is 11.6 Å². The smallest absolute Gasteiger partial charge is 0.271 e. The number of H-pyrrole nitrogens is 1. The molecule has 2 heterocycles. The lowest BCUT2D eigenvalue weighted by atomic mass is 10.3. The summed E-state index contributed by atoms with van der Waals surface area (Å²) in [5.74, 6) is 0.735. The Morgan fingerprint density at radius 3 is 3.06 bits per heavy atom. The number of hydrogen-bond donors (Lipinski definition) is 2. The van der Waals surface area contributed by atoms with Gasteiger partial charge in [0.1, 0.15) is 0 Å². The molecule has 0 radical (unpaired) electrons. The van der Waals surface area contributed by atoms with Crippen LogP contribution in [0.1, 0.15) is 6.42 Å². The van der Waals surface area contributed by atoms with Gasteiger partial charge < -0.3 is 15.6 Å². The van der Waals surface area contributed by atoms with E-state index in [0.717, 1.165) is 31.0 Å².